The molecular formula is C20H24ClN3O5S. The van der Waals surface area contributed by atoms with Crippen molar-refractivity contribution >= 4 is 39.1 Å². The SMILES string of the molecule is COCCCNC(=O)CN(C)C(=O)c1ccccc1NS(=O)(=O)c1ccc(Cl)cc1. The second-order valence-electron chi connectivity index (χ2n) is 6.46. The standard InChI is InChI=1S/C20H24ClN3O5S/c1-24(14-19(25)22-12-5-13-29-2)20(26)17-6-3-4-7-18(17)23-30(27,28)16-10-8-15(21)9-11-16/h3-4,6-11,23H,5,12-14H2,1-2H3,(H,22,25). The summed E-state index contributed by atoms with van der Waals surface area (Å²) in [6.07, 6.45) is 0.662. The Labute approximate surface area is 181 Å². The number of hydrogen-bond donors (Lipinski definition) is 2. The number of halogens is 1. The summed E-state index contributed by atoms with van der Waals surface area (Å²) in [7, 11) is -0.873. The minimum Gasteiger partial charge on any atom is -0.385 e. The number of para-hydroxylation sites is 1. The van der Waals surface area contributed by atoms with E-state index >= 15 is 0 Å². The van der Waals surface area contributed by atoms with E-state index in [2.05, 4.69) is 10.0 Å². The van der Waals surface area contributed by atoms with Gasteiger partial charge in [-0.05, 0) is 42.8 Å². The third kappa shape index (κ3) is 6.72. The van der Waals surface area contributed by atoms with Gasteiger partial charge < -0.3 is 15.0 Å². The molecule has 0 aliphatic rings. The van der Waals surface area contributed by atoms with Gasteiger partial charge in [0.1, 0.15) is 0 Å². The highest BCUT2D eigenvalue weighted by Gasteiger charge is 2.21. The molecule has 0 saturated heterocycles. The summed E-state index contributed by atoms with van der Waals surface area (Å²) in [5, 5.41) is 3.11. The lowest BCUT2D eigenvalue weighted by atomic mass is 10.1. The molecule has 2 rings (SSSR count). The lowest BCUT2D eigenvalue weighted by Gasteiger charge is -2.19. The van der Waals surface area contributed by atoms with E-state index in [0.717, 1.165) is 0 Å². The van der Waals surface area contributed by atoms with Crippen LogP contribution in [-0.4, -0.2) is 59.0 Å². The molecule has 0 bridgehead atoms. The van der Waals surface area contributed by atoms with Crippen LogP contribution in [0.4, 0.5) is 5.69 Å². The van der Waals surface area contributed by atoms with Crippen molar-refractivity contribution < 1.29 is 22.7 Å². The van der Waals surface area contributed by atoms with Crippen molar-refractivity contribution in [2.75, 3.05) is 38.6 Å². The quantitative estimate of drug-likeness (QED) is 0.537. The number of rotatable bonds is 10. The summed E-state index contributed by atoms with van der Waals surface area (Å²) in [4.78, 5) is 26.1. The van der Waals surface area contributed by atoms with E-state index in [1.807, 2.05) is 0 Å². The van der Waals surface area contributed by atoms with Gasteiger partial charge in [0.25, 0.3) is 15.9 Å². The number of benzene rings is 2. The summed E-state index contributed by atoms with van der Waals surface area (Å²) in [5.74, 6) is -0.808. The topological polar surface area (TPSA) is 105 Å². The van der Waals surface area contributed by atoms with E-state index in [9.17, 15) is 18.0 Å². The van der Waals surface area contributed by atoms with Crippen LogP contribution in [0.2, 0.25) is 5.02 Å². The van der Waals surface area contributed by atoms with Crippen LogP contribution in [0.25, 0.3) is 0 Å². The molecule has 10 heteroatoms. The molecule has 0 spiro atoms. The van der Waals surface area contributed by atoms with Crippen LogP contribution in [0.5, 0.6) is 0 Å². The molecule has 0 unspecified atom stereocenters. The van der Waals surface area contributed by atoms with Gasteiger partial charge >= 0.3 is 0 Å². The van der Waals surface area contributed by atoms with E-state index in [-0.39, 0.29) is 28.6 Å². The summed E-state index contributed by atoms with van der Waals surface area (Å²) in [5.41, 5.74) is 0.245. The van der Waals surface area contributed by atoms with Crippen LogP contribution in [-0.2, 0) is 19.6 Å². The minimum atomic E-state index is -3.92. The Morgan fingerprint density at radius 3 is 2.43 bits per heavy atom. The Kier molecular flexibility index (Phi) is 8.64. The monoisotopic (exact) mass is 453 g/mol. The normalized spacial score (nSPS) is 11.0. The smallest absolute Gasteiger partial charge is 0.261 e. The van der Waals surface area contributed by atoms with Gasteiger partial charge in [-0.3, -0.25) is 14.3 Å². The average Bonchev–Trinajstić information content (AvgIpc) is 2.71. The number of ether oxygens (including phenoxy) is 1. The fourth-order valence-electron chi connectivity index (χ4n) is 2.57. The third-order valence-corrected chi connectivity index (χ3v) is 5.73. The number of amides is 2. The van der Waals surface area contributed by atoms with Gasteiger partial charge in [-0.15, -0.1) is 0 Å². The van der Waals surface area contributed by atoms with Crippen molar-refractivity contribution in [2.24, 2.45) is 0 Å². The van der Waals surface area contributed by atoms with E-state index in [4.69, 9.17) is 16.3 Å². The molecule has 0 aliphatic carbocycles. The van der Waals surface area contributed by atoms with Crippen molar-refractivity contribution in [1.82, 2.24) is 10.2 Å². The fourth-order valence-corrected chi connectivity index (χ4v) is 3.77. The number of hydrogen-bond acceptors (Lipinski definition) is 5. The number of nitrogens with zero attached hydrogens (tertiary/aromatic N) is 1. The maximum absolute atomic E-state index is 12.8. The van der Waals surface area contributed by atoms with Crippen molar-refractivity contribution in [3.8, 4) is 0 Å². The van der Waals surface area contributed by atoms with Gasteiger partial charge in [-0.25, -0.2) is 8.42 Å². The highest BCUT2D eigenvalue weighted by Crippen LogP contribution is 2.22. The Balaban J connectivity index is 2.11. The molecule has 2 N–H and O–H groups in total. The molecule has 0 aliphatic heterocycles. The van der Waals surface area contributed by atoms with E-state index < -0.39 is 15.9 Å². The molecule has 2 amide bonds. The van der Waals surface area contributed by atoms with Gasteiger partial charge in [0.05, 0.1) is 22.7 Å². The Morgan fingerprint density at radius 2 is 1.77 bits per heavy atom. The first kappa shape index (κ1) is 23.7. The van der Waals surface area contributed by atoms with Crippen molar-refractivity contribution in [1.29, 1.82) is 0 Å². The van der Waals surface area contributed by atoms with Crippen LogP contribution >= 0.6 is 11.6 Å². The summed E-state index contributed by atoms with van der Waals surface area (Å²) < 4.78 is 32.6. The molecule has 2 aromatic carbocycles. The van der Waals surface area contributed by atoms with Crippen molar-refractivity contribution in [3.63, 3.8) is 0 Å². The highest BCUT2D eigenvalue weighted by atomic mass is 35.5. The van der Waals surface area contributed by atoms with Gasteiger partial charge in [0.2, 0.25) is 5.91 Å². The molecule has 30 heavy (non-hydrogen) atoms. The molecule has 0 fully saturated rings. The number of carbonyl (C=O) groups excluding carboxylic acids is 2. The van der Waals surface area contributed by atoms with Gasteiger partial charge in [-0.1, -0.05) is 23.7 Å². The molecular weight excluding hydrogens is 430 g/mol. The number of likely N-dealkylation sites (N-methyl/N-ethyl adjacent to an activating group) is 1. The molecule has 0 saturated carbocycles. The molecule has 0 atom stereocenters. The first-order valence-electron chi connectivity index (χ1n) is 9.13. The summed E-state index contributed by atoms with van der Waals surface area (Å²) in [6, 6.07) is 11.9. The number of sulfonamides is 1. The van der Waals surface area contributed by atoms with E-state index in [1.165, 1.54) is 48.3 Å². The highest BCUT2D eigenvalue weighted by molar-refractivity contribution is 7.92. The Bertz CT molecular complexity index is 980. The fraction of sp³-hybridized carbons (Fsp3) is 0.300. The van der Waals surface area contributed by atoms with E-state index in [0.29, 0.717) is 24.6 Å². The lowest BCUT2D eigenvalue weighted by molar-refractivity contribution is -0.121. The van der Waals surface area contributed by atoms with Gasteiger partial charge in [0, 0.05) is 32.3 Å². The Hall–Kier alpha value is -2.62. The largest absolute Gasteiger partial charge is 0.385 e. The summed E-state index contributed by atoms with van der Waals surface area (Å²) in [6.45, 7) is 0.798. The maximum Gasteiger partial charge on any atom is 0.261 e. The second-order valence-corrected chi connectivity index (χ2v) is 8.58. The van der Waals surface area contributed by atoms with Crippen LogP contribution in [0, 0.1) is 0 Å². The van der Waals surface area contributed by atoms with Gasteiger partial charge in [-0.2, -0.15) is 0 Å². The van der Waals surface area contributed by atoms with Crippen molar-refractivity contribution in [2.45, 2.75) is 11.3 Å². The van der Waals surface area contributed by atoms with Crippen molar-refractivity contribution in [3.05, 3.63) is 59.1 Å². The second kappa shape index (κ2) is 11.0. The molecule has 2 aromatic rings. The zero-order chi connectivity index (χ0) is 22.1. The maximum atomic E-state index is 12.8. The predicted octanol–water partition coefficient (Wildman–Crippen LogP) is 2.37. The first-order valence-corrected chi connectivity index (χ1v) is 11.0. The average molecular weight is 454 g/mol. The number of nitrogens with one attached hydrogen (secondary N) is 2. The number of anilines is 1. The third-order valence-electron chi connectivity index (χ3n) is 4.10. The van der Waals surface area contributed by atoms with Crippen LogP contribution in [0.1, 0.15) is 16.8 Å². The van der Waals surface area contributed by atoms with Gasteiger partial charge in [0.15, 0.2) is 0 Å². The molecule has 0 radical (unpaired) electrons. The number of carbonyl (C=O) groups is 2. The molecule has 8 nitrogen and oxygen atoms in total. The van der Waals surface area contributed by atoms with Crippen LogP contribution < -0.4 is 10.0 Å². The zero-order valence-corrected chi connectivity index (χ0v) is 18.3. The Morgan fingerprint density at radius 1 is 1.10 bits per heavy atom. The number of methoxy groups -OCH3 is 1. The zero-order valence-electron chi connectivity index (χ0n) is 16.7. The molecule has 162 valence electrons. The lowest BCUT2D eigenvalue weighted by Crippen LogP contribution is -2.39. The minimum absolute atomic E-state index is 0.0120. The summed E-state index contributed by atoms with van der Waals surface area (Å²) >= 11 is 5.81. The van der Waals surface area contributed by atoms with Crippen LogP contribution in [0.15, 0.2) is 53.4 Å². The van der Waals surface area contributed by atoms with E-state index in [1.54, 1.807) is 19.2 Å². The molecule has 0 aromatic heterocycles. The first-order chi connectivity index (χ1) is 14.2. The predicted molar refractivity (Wildman–Crippen MR) is 115 cm³/mol. The molecule has 0 heterocycles. The van der Waals surface area contributed by atoms with Crippen LogP contribution in [0.3, 0.4) is 0 Å².